The first-order valence-corrected chi connectivity index (χ1v) is 10.0. The van der Waals surface area contributed by atoms with Crippen molar-refractivity contribution in [3.63, 3.8) is 0 Å². The van der Waals surface area contributed by atoms with E-state index in [-0.39, 0.29) is 0 Å². The molecule has 0 saturated carbocycles. The number of hydrogen-bond acceptors (Lipinski definition) is 6. The summed E-state index contributed by atoms with van der Waals surface area (Å²) in [7, 11) is 0. The molecule has 0 N–H and O–H groups in total. The average Bonchev–Trinajstić information content (AvgIpc) is 2.62. The van der Waals surface area contributed by atoms with Crippen LogP contribution in [0, 0.1) is 41.5 Å². The summed E-state index contributed by atoms with van der Waals surface area (Å²) in [5.41, 5.74) is 6.19. The number of carbonyl (C=O) groups is 2. The highest BCUT2D eigenvalue weighted by Crippen LogP contribution is 2.20. The summed E-state index contributed by atoms with van der Waals surface area (Å²) in [4.78, 5) is 45.2. The number of aryl methyl sites for hydroxylation is 6. The van der Waals surface area contributed by atoms with Crippen LogP contribution in [0.3, 0.4) is 0 Å². The van der Waals surface area contributed by atoms with Gasteiger partial charge in [-0.1, -0.05) is 48.7 Å². The van der Waals surface area contributed by atoms with Crippen molar-refractivity contribution in [2.45, 2.75) is 67.6 Å². The molecule has 0 aliphatic carbocycles. The second kappa shape index (κ2) is 10.4. The van der Waals surface area contributed by atoms with E-state index < -0.39 is 18.2 Å². The van der Waals surface area contributed by atoms with Gasteiger partial charge in [-0.3, -0.25) is 9.78 Å². The Labute approximate surface area is 178 Å². The minimum absolute atomic E-state index is 0.373. The van der Waals surface area contributed by atoms with Gasteiger partial charge >= 0.3 is 11.9 Å². The lowest BCUT2D eigenvalue weighted by molar-refractivity contribution is -0.421. The predicted molar refractivity (Wildman–Crippen MR) is 113 cm³/mol. The van der Waals surface area contributed by atoms with E-state index in [1.807, 2.05) is 72.7 Å². The van der Waals surface area contributed by atoms with E-state index in [0.717, 1.165) is 33.4 Å². The summed E-state index contributed by atoms with van der Waals surface area (Å²) in [6.45, 7) is 13.2. The highest BCUT2D eigenvalue weighted by atomic mass is 17.3. The normalized spacial score (nSPS) is 10.9. The summed E-state index contributed by atoms with van der Waals surface area (Å²) in [5, 5.41) is 0. The fourth-order valence-corrected chi connectivity index (χ4v) is 3.63. The molecule has 0 radical (unpaired) electrons. The third-order valence-electron chi connectivity index (χ3n) is 4.75. The van der Waals surface area contributed by atoms with Crippen LogP contribution >= 0.6 is 0 Å². The van der Waals surface area contributed by atoms with Crippen LogP contribution in [0.15, 0.2) is 24.3 Å². The Morgan fingerprint density at radius 3 is 1.33 bits per heavy atom. The molecule has 0 heterocycles. The number of carbonyl (C=O) groups excluding carboxylic acids is 2. The number of rotatable bonds is 8. The molecule has 2 aromatic carbocycles. The summed E-state index contributed by atoms with van der Waals surface area (Å²) in [5.74, 6) is -1.24. The van der Waals surface area contributed by atoms with Crippen LogP contribution in [0.25, 0.3) is 0 Å². The van der Waals surface area contributed by atoms with Crippen molar-refractivity contribution in [1.29, 1.82) is 0 Å². The van der Waals surface area contributed by atoms with E-state index in [2.05, 4.69) is 0 Å². The lowest BCUT2D eigenvalue weighted by Crippen LogP contribution is -2.23. The first kappa shape index (κ1) is 23.6. The molecule has 0 unspecified atom stereocenters. The Hall–Kier alpha value is -2.70. The SMILES string of the molecule is CCCC(OOC(=O)c1c(C)cc(C)cc1C)OOC(=O)c1c(C)cc(C)cc1C. The van der Waals surface area contributed by atoms with Gasteiger partial charge in [0.2, 0.25) is 6.29 Å². The van der Waals surface area contributed by atoms with Crippen molar-refractivity contribution < 1.29 is 29.1 Å². The Morgan fingerprint density at radius 1 is 0.700 bits per heavy atom. The predicted octanol–water partition coefficient (Wildman–Crippen LogP) is 5.54. The summed E-state index contributed by atoms with van der Waals surface area (Å²) in [6.07, 6.45) is 0.0171. The van der Waals surface area contributed by atoms with E-state index in [9.17, 15) is 9.59 Å². The smallest absolute Gasteiger partial charge is 0.290 e. The summed E-state index contributed by atoms with van der Waals surface area (Å²) in [6, 6.07) is 7.60. The molecule has 0 bridgehead atoms. The molecule has 162 valence electrons. The standard InChI is InChI=1S/C24H30O6/c1-8-9-20(27-29-23(25)21-16(4)10-14(2)11-17(21)5)28-30-24(26)22-18(6)12-15(3)13-19(22)7/h10-13,20H,8-9H2,1-7H3. The van der Waals surface area contributed by atoms with Gasteiger partial charge in [-0.2, -0.15) is 0 Å². The highest BCUT2D eigenvalue weighted by molar-refractivity contribution is 5.93. The number of hydrogen-bond donors (Lipinski definition) is 0. The molecule has 6 nitrogen and oxygen atoms in total. The quantitative estimate of drug-likeness (QED) is 0.321. The largest absolute Gasteiger partial charge is 0.373 e. The maximum atomic E-state index is 12.5. The van der Waals surface area contributed by atoms with E-state index in [1.54, 1.807) is 0 Å². The Morgan fingerprint density at radius 2 is 1.03 bits per heavy atom. The maximum Gasteiger partial charge on any atom is 0.373 e. The van der Waals surface area contributed by atoms with Crippen molar-refractivity contribution in [3.8, 4) is 0 Å². The molecule has 30 heavy (non-hydrogen) atoms. The third-order valence-corrected chi connectivity index (χ3v) is 4.75. The molecule has 2 aromatic rings. The average molecular weight is 414 g/mol. The molecule has 0 aliphatic heterocycles. The van der Waals surface area contributed by atoms with Crippen LogP contribution in [0.4, 0.5) is 0 Å². The van der Waals surface area contributed by atoms with Gasteiger partial charge in [-0.05, 0) is 63.8 Å². The van der Waals surface area contributed by atoms with Gasteiger partial charge in [0.1, 0.15) is 0 Å². The summed E-state index contributed by atoms with van der Waals surface area (Å²) >= 11 is 0. The van der Waals surface area contributed by atoms with E-state index in [0.29, 0.717) is 24.0 Å². The second-order valence-corrected chi connectivity index (χ2v) is 7.70. The molecular weight excluding hydrogens is 384 g/mol. The zero-order chi connectivity index (χ0) is 22.4. The molecule has 0 aliphatic rings. The van der Waals surface area contributed by atoms with Gasteiger partial charge < -0.3 is 0 Å². The Kier molecular flexibility index (Phi) is 8.15. The monoisotopic (exact) mass is 414 g/mol. The van der Waals surface area contributed by atoms with E-state index in [4.69, 9.17) is 19.6 Å². The van der Waals surface area contributed by atoms with Crippen LogP contribution < -0.4 is 0 Å². The van der Waals surface area contributed by atoms with Crippen molar-refractivity contribution >= 4 is 11.9 Å². The van der Waals surface area contributed by atoms with Gasteiger partial charge in [-0.15, -0.1) is 9.78 Å². The first-order valence-electron chi connectivity index (χ1n) is 10.0. The second-order valence-electron chi connectivity index (χ2n) is 7.70. The maximum absolute atomic E-state index is 12.5. The molecule has 0 spiro atoms. The zero-order valence-electron chi connectivity index (χ0n) is 18.8. The minimum Gasteiger partial charge on any atom is -0.290 e. The molecule has 2 rings (SSSR count). The van der Waals surface area contributed by atoms with Gasteiger partial charge in [0, 0.05) is 6.42 Å². The van der Waals surface area contributed by atoms with Crippen LogP contribution in [0.1, 0.15) is 73.9 Å². The zero-order valence-corrected chi connectivity index (χ0v) is 18.8. The van der Waals surface area contributed by atoms with E-state index in [1.165, 1.54) is 0 Å². The molecule has 0 fully saturated rings. The first-order chi connectivity index (χ1) is 14.1. The molecule has 0 aromatic heterocycles. The van der Waals surface area contributed by atoms with Crippen molar-refractivity contribution in [2.24, 2.45) is 0 Å². The van der Waals surface area contributed by atoms with Crippen LogP contribution in [0.5, 0.6) is 0 Å². The van der Waals surface area contributed by atoms with Crippen molar-refractivity contribution in [1.82, 2.24) is 0 Å². The molecule has 0 amide bonds. The van der Waals surface area contributed by atoms with Crippen molar-refractivity contribution in [2.75, 3.05) is 0 Å². The lowest BCUT2D eigenvalue weighted by atomic mass is 10.0. The van der Waals surface area contributed by atoms with Crippen LogP contribution in [-0.2, 0) is 19.6 Å². The van der Waals surface area contributed by atoms with Crippen molar-refractivity contribution in [3.05, 3.63) is 68.8 Å². The Balaban J connectivity index is 2.02. The fourth-order valence-electron chi connectivity index (χ4n) is 3.63. The molecule has 0 atom stereocenters. The third kappa shape index (κ3) is 5.90. The van der Waals surface area contributed by atoms with Gasteiger partial charge in [0.25, 0.3) is 0 Å². The van der Waals surface area contributed by atoms with Gasteiger partial charge in [-0.25, -0.2) is 9.59 Å². The highest BCUT2D eigenvalue weighted by Gasteiger charge is 2.22. The van der Waals surface area contributed by atoms with E-state index >= 15 is 0 Å². The van der Waals surface area contributed by atoms with Crippen LogP contribution in [0.2, 0.25) is 0 Å². The summed E-state index contributed by atoms with van der Waals surface area (Å²) < 4.78 is 0. The molecule has 6 heteroatoms. The Bertz CT molecular complexity index is 812. The van der Waals surface area contributed by atoms with Gasteiger partial charge in [0.05, 0.1) is 11.1 Å². The minimum atomic E-state index is -1.03. The molecular formula is C24H30O6. The van der Waals surface area contributed by atoms with Crippen LogP contribution in [-0.4, -0.2) is 18.2 Å². The topological polar surface area (TPSA) is 71.1 Å². The van der Waals surface area contributed by atoms with Gasteiger partial charge in [0.15, 0.2) is 0 Å². The molecule has 0 saturated heterocycles. The number of benzene rings is 2. The lowest BCUT2D eigenvalue weighted by Gasteiger charge is -2.16. The fraction of sp³-hybridized carbons (Fsp3) is 0.417.